The lowest BCUT2D eigenvalue weighted by Crippen LogP contribution is -2.32. The van der Waals surface area contributed by atoms with E-state index in [0.29, 0.717) is 24.4 Å². The van der Waals surface area contributed by atoms with Crippen molar-refractivity contribution < 1.29 is 14.6 Å². The number of aromatic nitrogens is 2. The largest absolute Gasteiger partial charge is 0.515 e. The number of aliphatic hydroxyl groups excluding tert-OH is 1. The number of carbonyl (C=O) groups is 1. The average molecular weight is 250 g/mol. The predicted molar refractivity (Wildman–Crippen MR) is 64.3 cm³/mol. The molecule has 0 unspecified atom stereocenters. The van der Waals surface area contributed by atoms with Crippen LogP contribution in [0.3, 0.4) is 0 Å². The minimum absolute atomic E-state index is 0.0696. The molecule has 96 valence electrons. The SMILES string of the molecule is CCOC(=O)c1cnc2n(c1=O)CCC/C2=C/O. The first-order chi connectivity index (χ1) is 8.69. The van der Waals surface area contributed by atoms with Gasteiger partial charge in [0.05, 0.1) is 12.9 Å². The second kappa shape index (κ2) is 5.03. The first-order valence-corrected chi connectivity index (χ1v) is 5.79. The molecule has 2 rings (SSSR count). The van der Waals surface area contributed by atoms with Gasteiger partial charge in [0.25, 0.3) is 5.56 Å². The molecule has 0 spiro atoms. The number of carbonyl (C=O) groups excluding carboxylic acids is 1. The monoisotopic (exact) mass is 250 g/mol. The molecule has 0 aromatic carbocycles. The zero-order valence-corrected chi connectivity index (χ0v) is 10.0. The molecule has 1 N–H and O–H groups in total. The van der Waals surface area contributed by atoms with Crippen molar-refractivity contribution in [1.82, 2.24) is 9.55 Å². The molecule has 0 atom stereocenters. The third-order valence-electron chi connectivity index (χ3n) is 2.81. The van der Waals surface area contributed by atoms with E-state index in [1.54, 1.807) is 6.92 Å². The Morgan fingerprint density at radius 2 is 2.44 bits per heavy atom. The number of hydrogen-bond acceptors (Lipinski definition) is 5. The molecule has 0 fully saturated rings. The summed E-state index contributed by atoms with van der Waals surface area (Å²) in [6.07, 6.45) is 3.57. The average Bonchev–Trinajstić information content (AvgIpc) is 2.39. The molecular formula is C12H14N2O4. The van der Waals surface area contributed by atoms with Gasteiger partial charge in [-0.2, -0.15) is 0 Å². The van der Waals surface area contributed by atoms with E-state index >= 15 is 0 Å². The maximum Gasteiger partial charge on any atom is 0.345 e. The van der Waals surface area contributed by atoms with Crippen molar-refractivity contribution in [2.45, 2.75) is 26.3 Å². The van der Waals surface area contributed by atoms with Crippen LogP contribution in [0, 0.1) is 0 Å². The highest BCUT2D eigenvalue weighted by atomic mass is 16.5. The quantitative estimate of drug-likeness (QED) is 0.628. The molecule has 0 saturated carbocycles. The Kier molecular flexibility index (Phi) is 3.45. The molecule has 6 heteroatoms. The lowest BCUT2D eigenvalue weighted by Gasteiger charge is -2.19. The van der Waals surface area contributed by atoms with Gasteiger partial charge in [-0.1, -0.05) is 0 Å². The van der Waals surface area contributed by atoms with E-state index in [2.05, 4.69) is 4.98 Å². The van der Waals surface area contributed by atoms with Crippen LogP contribution in [0.15, 0.2) is 17.3 Å². The van der Waals surface area contributed by atoms with Crippen LogP contribution in [-0.2, 0) is 11.3 Å². The van der Waals surface area contributed by atoms with E-state index in [-0.39, 0.29) is 12.2 Å². The number of ether oxygens (including phenoxy) is 1. The van der Waals surface area contributed by atoms with Crippen molar-refractivity contribution in [3.63, 3.8) is 0 Å². The Morgan fingerprint density at radius 1 is 1.67 bits per heavy atom. The third-order valence-corrected chi connectivity index (χ3v) is 2.81. The maximum absolute atomic E-state index is 12.1. The molecule has 2 heterocycles. The number of allylic oxidation sites excluding steroid dienone is 1. The van der Waals surface area contributed by atoms with Gasteiger partial charge in [-0.3, -0.25) is 9.36 Å². The van der Waals surface area contributed by atoms with Crippen molar-refractivity contribution in [3.8, 4) is 0 Å². The molecule has 0 amide bonds. The number of aliphatic hydroxyl groups is 1. The fourth-order valence-corrected chi connectivity index (χ4v) is 1.97. The normalized spacial score (nSPS) is 16.4. The zero-order valence-electron chi connectivity index (χ0n) is 10.0. The van der Waals surface area contributed by atoms with Gasteiger partial charge >= 0.3 is 5.97 Å². The van der Waals surface area contributed by atoms with Crippen LogP contribution in [0.5, 0.6) is 0 Å². The molecule has 6 nitrogen and oxygen atoms in total. The van der Waals surface area contributed by atoms with Gasteiger partial charge < -0.3 is 9.84 Å². The second-order valence-corrected chi connectivity index (χ2v) is 3.93. The van der Waals surface area contributed by atoms with Gasteiger partial charge in [0, 0.05) is 18.3 Å². The van der Waals surface area contributed by atoms with E-state index in [1.165, 1.54) is 10.8 Å². The summed E-state index contributed by atoms with van der Waals surface area (Å²) >= 11 is 0. The van der Waals surface area contributed by atoms with Crippen molar-refractivity contribution in [2.24, 2.45) is 0 Å². The first kappa shape index (κ1) is 12.3. The molecule has 18 heavy (non-hydrogen) atoms. The van der Waals surface area contributed by atoms with Crippen LogP contribution in [0.1, 0.15) is 35.9 Å². The highest BCUT2D eigenvalue weighted by Gasteiger charge is 2.21. The third kappa shape index (κ3) is 2.01. The van der Waals surface area contributed by atoms with Crippen LogP contribution in [0.25, 0.3) is 5.57 Å². The Hall–Kier alpha value is -2.11. The summed E-state index contributed by atoms with van der Waals surface area (Å²) in [6.45, 7) is 2.38. The minimum atomic E-state index is -0.662. The molecule has 0 radical (unpaired) electrons. The second-order valence-electron chi connectivity index (χ2n) is 3.93. The molecule has 1 aliphatic heterocycles. The van der Waals surface area contributed by atoms with Gasteiger partial charge in [0.1, 0.15) is 11.4 Å². The van der Waals surface area contributed by atoms with Crippen LogP contribution in [0.4, 0.5) is 0 Å². The van der Waals surface area contributed by atoms with E-state index < -0.39 is 11.5 Å². The Bertz CT molecular complexity index is 560. The van der Waals surface area contributed by atoms with Crippen LogP contribution < -0.4 is 5.56 Å². The zero-order chi connectivity index (χ0) is 13.1. The minimum Gasteiger partial charge on any atom is -0.515 e. The molecule has 1 aliphatic rings. The summed E-state index contributed by atoms with van der Waals surface area (Å²) in [6, 6.07) is 0. The number of fused-ring (bicyclic) bond motifs is 1. The van der Waals surface area contributed by atoms with Crippen molar-refractivity contribution in [2.75, 3.05) is 6.61 Å². The van der Waals surface area contributed by atoms with Crippen molar-refractivity contribution >= 4 is 11.5 Å². The number of nitrogens with zero attached hydrogens (tertiary/aromatic N) is 2. The summed E-state index contributed by atoms with van der Waals surface area (Å²) in [7, 11) is 0. The molecule has 1 aromatic rings. The highest BCUT2D eigenvalue weighted by Crippen LogP contribution is 2.22. The van der Waals surface area contributed by atoms with Crippen molar-refractivity contribution in [1.29, 1.82) is 0 Å². The predicted octanol–water partition coefficient (Wildman–Crippen LogP) is 1.11. The molecule has 0 aliphatic carbocycles. The summed E-state index contributed by atoms with van der Waals surface area (Å²) in [4.78, 5) is 27.7. The highest BCUT2D eigenvalue weighted by molar-refractivity contribution is 5.88. The molecule has 0 bridgehead atoms. The lowest BCUT2D eigenvalue weighted by atomic mass is 10.1. The maximum atomic E-state index is 12.1. The molecule has 0 saturated heterocycles. The van der Waals surface area contributed by atoms with Gasteiger partial charge in [-0.15, -0.1) is 0 Å². The Morgan fingerprint density at radius 3 is 3.11 bits per heavy atom. The lowest BCUT2D eigenvalue weighted by molar-refractivity contribution is 0.0522. The molecule has 1 aromatic heterocycles. The summed E-state index contributed by atoms with van der Waals surface area (Å²) < 4.78 is 6.20. The summed E-state index contributed by atoms with van der Waals surface area (Å²) in [5.41, 5.74) is 0.117. The Balaban J connectivity index is 2.51. The van der Waals surface area contributed by atoms with Gasteiger partial charge in [0.2, 0.25) is 0 Å². The first-order valence-electron chi connectivity index (χ1n) is 5.79. The fourth-order valence-electron chi connectivity index (χ4n) is 1.97. The van der Waals surface area contributed by atoms with E-state index in [0.717, 1.165) is 12.7 Å². The van der Waals surface area contributed by atoms with E-state index in [9.17, 15) is 9.59 Å². The van der Waals surface area contributed by atoms with Gasteiger partial charge in [-0.05, 0) is 19.8 Å². The fraction of sp³-hybridized carbons (Fsp3) is 0.417. The smallest absolute Gasteiger partial charge is 0.345 e. The number of hydrogen-bond donors (Lipinski definition) is 1. The van der Waals surface area contributed by atoms with E-state index in [4.69, 9.17) is 9.84 Å². The van der Waals surface area contributed by atoms with Crippen molar-refractivity contribution in [3.05, 3.63) is 34.2 Å². The molecular weight excluding hydrogens is 236 g/mol. The topological polar surface area (TPSA) is 81.4 Å². The van der Waals surface area contributed by atoms with Crippen LogP contribution in [0.2, 0.25) is 0 Å². The van der Waals surface area contributed by atoms with Gasteiger partial charge in [0.15, 0.2) is 0 Å². The Labute approximate surface area is 104 Å². The standard InChI is InChI=1S/C12H14N2O4/c1-2-18-12(17)9-6-13-10-8(7-15)4-3-5-14(10)11(9)16/h6-7,15H,2-5H2,1H3/b8-7-. The van der Waals surface area contributed by atoms with Gasteiger partial charge in [-0.25, -0.2) is 9.78 Å². The summed E-state index contributed by atoms with van der Waals surface area (Å²) in [5, 5.41) is 9.08. The number of esters is 1. The summed E-state index contributed by atoms with van der Waals surface area (Å²) in [5.74, 6) is -0.243. The van der Waals surface area contributed by atoms with E-state index in [1.807, 2.05) is 0 Å². The number of rotatable bonds is 2. The van der Waals surface area contributed by atoms with Crippen LogP contribution in [-0.4, -0.2) is 27.2 Å². The van der Waals surface area contributed by atoms with Crippen LogP contribution >= 0.6 is 0 Å².